The lowest BCUT2D eigenvalue weighted by Gasteiger charge is -2.16. The van der Waals surface area contributed by atoms with Crippen LogP contribution in [0.4, 0.5) is 13.2 Å². The predicted molar refractivity (Wildman–Crippen MR) is 76.6 cm³/mol. The molecule has 2 aromatic carbocycles. The van der Waals surface area contributed by atoms with Crippen LogP contribution in [0.25, 0.3) is 0 Å². The van der Waals surface area contributed by atoms with Gasteiger partial charge < -0.3 is 9.47 Å². The van der Waals surface area contributed by atoms with Gasteiger partial charge in [-0.25, -0.2) is 13.2 Å². The molecular weight excluding hydrogens is 349 g/mol. The number of alkyl halides is 1. The summed E-state index contributed by atoms with van der Waals surface area (Å²) in [7, 11) is 2.99. The molecule has 0 saturated heterocycles. The maximum Gasteiger partial charge on any atom is 0.194 e. The van der Waals surface area contributed by atoms with Crippen LogP contribution in [-0.2, 0) is 0 Å². The van der Waals surface area contributed by atoms with Crippen molar-refractivity contribution in [3.05, 3.63) is 58.9 Å². The fourth-order valence-corrected chi connectivity index (χ4v) is 2.56. The highest BCUT2D eigenvalue weighted by atomic mass is 79.9. The van der Waals surface area contributed by atoms with E-state index in [9.17, 15) is 13.2 Å². The number of rotatable bonds is 4. The van der Waals surface area contributed by atoms with E-state index in [-0.39, 0.29) is 5.56 Å². The van der Waals surface area contributed by atoms with Gasteiger partial charge in [-0.15, -0.1) is 0 Å². The van der Waals surface area contributed by atoms with Crippen LogP contribution in [0, 0.1) is 17.5 Å². The van der Waals surface area contributed by atoms with Crippen LogP contribution in [0.2, 0.25) is 0 Å². The zero-order valence-electron chi connectivity index (χ0n) is 11.3. The van der Waals surface area contributed by atoms with Crippen LogP contribution in [0.3, 0.4) is 0 Å². The van der Waals surface area contributed by atoms with Crippen molar-refractivity contribution in [2.75, 3.05) is 14.2 Å². The van der Waals surface area contributed by atoms with Crippen molar-refractivity contribution in [2.45, 2.75) is 4.83 Å². The van der Waals surface area contributed by atoms with Crippen LogP contribution in [0.15, 0.2) is 30.3 Å². The zero-order valence-corrected chi connectivity index (χ0v) is 12.9. The van der Waals surface area contributed by atoms with E-state index in [0.717, 1.165) is 12.1 Å². The molecule has 1 atom stereocenters. The largest absolute Gasteiger partial charge is 0.497 e. The Morgan fingerprint density at radius 3 is 2.10 bits per heavy atom. The van der Waals surface area contributed by atoms with Gasteiger partial charge in [0.2, 0.25) is 0 Å². The highest BCUT2D eigenvalue weighted by Crippen LogP contribution is 2.39. The minimum Gasteiger partial charge on any atom is -0.497 e. The van der Waals surface area contributed by atoms with Gasteiger partial charge in [-0.3, -0.25) is 0 Å². The van der Waals surface area contributed by atoms with Crippen LogP contribution >= 0.6 is 15.9 Å². The molecule has 112 valence electrons. The van der Waals surface area contributed by atoms with Crippen molar-refractivity contribution in [3.8, 4) is 11.5 Å². The monoisotopic (exact) mass is 360 g/mol. The zero-order chi connectivity index (χ0) is 15.6. The van der Waals surface area contributed by atoms with E-state index in [2.05, 4.69) is 15.9 Å². The van der Waals surface area contributed by atoms with E-state index in [1.165, 1.54) is 14.2 Å². The van der Waals surface area contributed by atoms with Crippen molar-refractivity contribution in [1.82, 2.24) is 0 Å². The maximum atomic E-state index is 13.4. The van der Waals surface area contributed by atoms with Crippen LogP contribution in [0.5, 0.6) is 11.5 Å². The Hall–Kier alpha value is -1.69. The Labute approximate surface area is 128 Å². The lowest BCUT2D eigenvalue weighted by atomic mass is 10.0. The molecule has 0 spiro atoms. The first kappa shape index (κ1) is 15.7. The number of hydrogen-bond donors (Lipinski definition) is 0. The fourth-order valence-electron chi connectivity index (χ4n) is 1.94. The van der Waals surface area contributed by atoms with Gasteiger partial charge in [0.05, 0.1) is 19.0 Å². The third kappa shape index (κ3) is 3.15. The molecule has 2 aromatic rings. The SMILES string of the molecule is COc1ccc(OC)c(C(Br)c2cc(F)c(F)c(F)c2)c1. The molecule has 0 aromatic heterocycles. The lowest BCUT2D eigenvalue weighted by Crippen LogP contribution is -2.01. The van der Waals surface area contributed by atoms with Crippen molar-refractivity contribution >= 4 is 15.9 Å². The first-order valence-corrected chi connectivity index (χ1v) is 6.90. The van der Waals surface area contributed by atoms with Crippen LogP contribution in [-0.4, -0.2) is 14.2 Å². The molecule has 0 radical (unpaired) electrons. The predicted octanol–water partition coefficient (Wildman–Crippen LogP) is 4.61. The second-order valence-corrected chi connectivity index (χ2v) is 5.18. The molecule has 0 amide bonds. The smallest absolute Gasteiger partial charge is 0.194 e. The normalized spacial score (nSPS) is 12.1. The molecule has 0 bridgehead atoms. The average Bonchev–Trinajstić information content (AvgIpc) is 2.50. The van der Waals surface area contributed by atoms with Gasteiger partial charge >= 0.3 is 0 Å². The van der Waals surface area contributed by atoms with E-state index in [1.807, 2.05) is 0 Å². The van der Waals surface area contributed by atoms with Gasteiger partial charge in [0, 0.05) is 5.56 Å². The number of hydrogen-bond acceptors (Lipinski definition) is 2. The van der Waals surface area contributed by atoms with Gasteiger partial charge in [0.25, 0.3) is 0 Å². The van der Waals surface area contributed by atoms with E-state index in [4.69, 9.17) is 9.47 Å². The highest BCUT2D eigenvalue weighted by Gasteiger charge is 2.20. The molecule has 1 unspecified atom stereocenters. The van der Waals surface area contributed by atoms with Crippen molar-refractivity contribution in [2.24, 2.45) is 0 Å². The fraction of sp³-hybridized carbons (Fsp3) is 0.200. The van der Waals surface area contributed by atoms with Crippen molar-refractivity contribution in [1.29, 1.82) is 0 Å². The van der Waals surface area contributed by atoms with E-state index >= 15 is 0 Å². The minimum absolute atomic E-state index is 0.234. The summed E-state index contributed by atoms with van der Waals surface area (Å²) in [4.78, 5) is -0.577. The van der Waals surface area contributed by atoms with Gasteiger partial charge in [-0.2, -0.15) is 0 Å². The summed E-state index contributed by atoms with van der Waals surface area (Å²) in [5.74, 6) is -2.88. The standard InChI is InChI=1S/C15H12BrF3O2/c1-20-9-3-4-13(21-2)10(7-9)14(16)8-5-11(17)15(19)12(18)6-8/h3-7,14H,1-2H3. The number of halogens is 4. The number of methoxy groups -OCH3 is 2. The number of ether oxygens (including phenoxy) is 2. The molecule has 2 nitrogen and oxygen atoms in total. The van der Waals surface area contributed by atoms with Gasteiger partial charge in [0.15, 0.2) is 17.5 Å². The van der Waals surface area contributed by atoms with E-state index in [0.29, 0.717) is 17.1 Å². The van der Waals surface area contributed by atoms with Crippen LogP contribution in [0.1, 0.15) is 16.0 Å². The topological polar surface area (TPSA) is 18.5 Å². The first-order chi connectivity index (χ1) is 9.97. The van der Waals surface area contributed by atoms with Gasteiger partial charge in [0.1, 0.15) is 11.5 Å². The third-order valence-electron chi connectivity index (χ3n) is 3.01. The minimum atomic E-state index is -1.49. The summed E-state index contributed by atoms with van der Waals surface area (Å²) in [5, 5.41) is 0. The molecule has 6 heteroatoms. The molecule has 21 heavy (non-hydrogen) atoms. The summed E-state index contributed by atoms with van der Waals surface area (Å²) in [6, 6.07) is 6.94. The molecule has 0 aliphatic rings. The van der Waals surface area contributed by atoms with Crippen molar-refractivity contribution in [3.63, 3.8) is 0 Å². The quantitative estimate of drug-likeness (QED) is 0.585. The third-order valence-corrected chi connectivity index (χ3v) is 4.03. The van der Waals surface area contributed by atoms with Gasteiger partial charge in [-0.1, -0.05) is 15.9 Å². The molecule has 0 saturated carbocycles. The Balaban J connectivity index is 2.51. The Bertz CT molecular complexity index is 638. The Morgan fingerprint density at radius 2 is 1.57 bits per heavy atom. The molecule has 0 aliphatic carbocycles. The van der Waals surface area contributed by atoms with Gasteiger partial charge in [-0.05, 0) is 35.9 Å². The summed E-state index contributed by atoms with van der Waals surface area (Å²) in [6.45, 7) is 0. The Kier molecular flexibility index (Phi) is 4.77. The Morgan fingerprint density at radius 1 is 0.952 bits per heavy atom. The summed E-state index contributed by atoms with van der Waals surface area (Å²) < 4.78 is 50.1. The molecule has 0 aliphatic heterocycles. The molecule has 0 N–H and O–H groups in total. The summed E-state index contributed by atoms with van der Waals surface area (Å²) >= 11 is 3.35. The highest BCUT2D eigenvalue weighted by molar-refractivity contribution is 9.09. The summed E-state index contributed by atoms with van der Waals surface area (Å²) in [5.41, 5.74) is 0.847. The second-order valence-electron chi connectivity index (χ2n) is 4.27. The maximum absolute atomic E-state index is 13.4. The average molecular weight is 361 g/mol. The number of benzene rings is 2. The van der Waals surface area contributed by atoms with Crippen molar-refractivity contribution < 1.29 is 22.6 Å². The van der Waals surface area contributed by atoms with E-state index in [1.54, 1.807) is 18.2 Å². The van der Waals surface area contributed by atoms with Crippen LogP contribution < -0.4 is 9.47 Å². The molecule has 2 rings (SSSR count). The molecular formula is C15H12BrF3O2. The first-order valence-electron chi connectivity index (χ1n) is 5.98. The molecule has 0 fully saturated rings. The second kappa shape index (κ2) is 6.39. The summed E-state index contributed by atoms with van der Waals surface area (Å²) in [6.07, 6.45) is 0. The lowest BCUT2D eigenvalue weighted by molar-refractivity contribution is 0.399. The van der Waals surface area contributed by atoms with E-state index < -0.39 is 22.3 Å². The molecule has 0 heterocycles.